The topological polar surface area (TPSA) is 79.7 Å². The molecule has 1 aliphatic rings. The molecule has 0 saturated carbocycles. The number of hydrogen-bond donors (Lipinski definition) is 2. The van der Waals surface area contributed by atoms with Crippen LogP contribution in [0.4, 0.5) is 11.4 Å². The SMILES string of the molecule is CCCCC1CSc2c(N)c(OC)c(OC)c(N)c2O1. The molecule has 1 aliphatic heterocycles. The van der Waals surface area contributed by atoms with Crippen molar-refractivity contribution in [1.29, 1.82) is 0 Å². The summed E-state index contributed by atoms with van der Waals surface area (Å²) >= 11 is 1.67. The number of thioether (sulfide) groups is 1. The monoisotopic (exact) mass is 298 g/mol. The predicted molar refractivity (Wildman–Crippen MR) is 83.0 cm³/mol. The number of nitrogens with two attached hydrogens (primary N) is 2. The second kappa shape index (κ2) is 6.35. The van der Waals surface area contributed by atoms with Gasteiger partial charge in [-0.25, -0.2) is 0 Å². The van der Waals surface area contributed by atoms with Crippen LogP contribution in [0.25, 0.3) is 0 Å². The van der Waals surface area contributed by atoms with E-state index in [9.17, 15) is 0 Å². The van der Waals surface area contributed by atoms with Gasteiger partial charge in [0, 0.05) is 5.75 Å². The summed E-state index contributed by atoms with van der Waals surface area (Å²) in [6.07, 6.45) is 3.49. The van der Waals surface area contributed by atoms with Gasteiger partial charge in [-0.05, 0) is 6.42 Å². The lowest BCUT2D eigenvalue weighted by molar-refractivity contribution is 0.202. The van der Waals surface area contributed by atoms with E-state index in [-0.39, 0.29) is 6.10 Å². The van der Waals surface area contributed by atoms with Gasteiger partial charge in [-0.3, -0.25) is 0 Å². The summed E-state index contributed by atoms with van der Waals surface area (Å²) in [7, 11) is 3.10. The third kappa shape index (κ3) is 2.57. The molecule has 0 saturated heterocycles. The summed E-state index contributed by atoms with van der Waals surface area (Å²) in [6.45, 7) is 2.17. The Bertz CT molecular complexity index is 494. The van der Waals surface area contributed by atoms with Gasteiger partial charge in [-0.2, -0.15) is 0 Å². The molecule has 4 N–H and O–H groups in total. The van der Waals surface area contributed by atoms with E-state index in [4.69, 9.17) is 25.7 Å². The molecule has 0 radical (unpaired) electrons. The van der Waals surface area contributed by atoms with Crippen molar-refractivity contribution in [3.63, 3.8) is 0 Å². The molecule has 1 heterocycles. The molecule has 1 aromatic carbocycles. The van der Waals surface area contributed by atoms with Gasteiger partial charge in [0.1, 0.15) is 11.8 Å². The molecule has 20 heavy (non-hydrogen) atoms. The summed E-state index contributed by atoms with van der Waals surface area (Å²) in [4.78, 5) is 0.855. The van der Waals surface area contributed by atoms with E-state index in [1.54, 1.807) is 26.0 Å². The molecule has 2 rings (SSSR count). The van der Waals surface area contributed by atoms with Gasteiger partial charge < -0.3 is 25.7 Å². The van der Waals surface area contributed by atoms with Crippen LogP contribution >= 0.6 is 11.8 Å². The average Bonchev–Trinajstić information content (AvgIpc) is 2.48. The number of fused-ring (bicyclic) bond motifs is 1. The molecule has 0 amide bonds. The van der Waals surface area contributed by atoms with Gasteiger partial charge in [0.05, 0.1) is 24.8 Å². The third-order valence-corrected chi connectivity index (χ3v) is 4.61. The smallest absolute Gasteiger partial charge is 0.189 e. The first-order valence-electron chi connectivity index (χ1n) is 6.76. The summed E-state index contributed by atoms with van der Waals surface area (Å²) in [5, 5.41) is 0. The van der Waals surface area contributed by atoms with Gasteiger partial charge in [-0.15, -0.1) is 11.8 Å². The van der Waals surface area contributed by atoms with Crippen molar-refractivity contribution in [3.05, 3.63) is 0 Å². The number of benzene rings is 1. The van der Waals surface area contributed by atoms with Gasteiger partial charge in [0.2, 0.25) is 0 Å². The third-order valence-electron chi connectivity index (χ3n) is 3.38. The van der Waals surface area contributed by atoms with Crippen molar-refractivity contribution < 1.29 is 14.2 Å². The summed E-state index contributed by atoms with van der Waals surface area (Å²) in [6, 6.07) is 0. The minimum atomic E-state index is 0.173. The number of rotatable bonds is 5. The standard InChI is InChI=1S/C14H22N2O3S/c1-4-5-6-8-7-20-14-10(16)12(18-3)11(17-2)9(15)13(14)19-8/h8H,4-7,15-16H2,1-3H3. The predicted octanol–water partition coefficient (Wildman–Crippen LogP) is 2.91. The Balaban J connectivity index is 2.39. The van der Waals surface area contributed by atoms with Crippen LogP contribution in [0.5, 0.6) is 17.2 Å². The maximum Gasteiger partial charge on any atom is 0.189 e. The number of methoxy groups -OCH3 is 2. The Morgan fingerprint density at radius 3 is 2.45 bits per heavy atom. The number of hydrogen-bond acceptors (Lipinski definition) is 6. The van der Waals surface area contributed by atoms with Crippen LogP contribution in [-0.2, 0) is 0 Å². The van der Waals surface area contributed by atoms with Crippen molar-refractivity contribution in [1.82, 2.24) is 0 Å². The lowest BCUT2D eigenvalue weighted by atomic mass is 10.1. The zero-order valence-corrected chi connectivity index (χ0v) is 13.0. The second-order valence-corrected chi connectivity index (χ2v) is 5.78. The van der Waals surface area contributed by atoms with Gasteiger partial charge in [0.25, 0.3) is 0 Å². The second-order valence-electron chi connectivity index (χ2n) is 4.75. The molecule has 5 nitrogen and oxygen atoms in total. The molecule has 0 aliphatic carbocycles. The molecule has 0 bridgehead atoms. The Hall–Kier alpha value is -1.43. The highest BCUT2D eigenvalue weighted by Crippen LogP contribution is 2.54. The molecule has 1 atom stereocenters. The Labute approximate surface area is 123 Å². The van der Waals surface area contributed by atoms with Crippen molar-refractivity contribution in [2.24, 2.45) is 0 Å². The molecule has 0 spiro atoms. The van der Waals surface area contributed by atoms with Crippen LogP contribution in [-0.4, -0.2) is 26.1 Å². The number of ether oxygens (including phenoxy) is 3. The molecule has 1 unspecified atom stereocenters. The summed E-state index contributed by atoms with van der Waals surface area (Å²) in [5.41, 5.74) is 13.3. The number of unbranched alkanes of at least 4 members (excludes halogenated alkanes) is 1. The van der Waals surface area contributed by atoms with Crippen molar-refractivity contribution in [2.45, 2.75) is 37.2 Å². The fourth-order valence-corrected chi connectivity index (χ4v) is 3.44. The molecular formula is C14H22N2O3S. The normalized spacial score (nSPS) is 17.2. The molecule has 1 aromatic rings. The summed E-state index contributed by atoms with van der Waals surface area (Å²) < 4.78 is 16.6. The Kier molecular flexibility index (Phi) is 4.75. The minimum absolute atomic E-state index is 0.173. The number of nitrogen functional groups attached to an aromatic ring is 2. The molecule has 0 fully saturated rings. The first kappa shape index (κ1) is 15.0. The lowest BCUT2D eigenvalue weighted by Crippen LogP contribution is -2.24. The van der Waals surface area contributed by atoms with Crippen molar-refractivity contribution in [2.75, 3.05) is 31.4 Å². The van der Waals surface area contributed by atoms with Gasteiger partial charge in [0.15, 0.2) is 17.2 Å². The summed E-state index contributed by atoms with van der Waals surface area (Å²) in [5.74, 6) is 2.44. The first-order valence-corrected chi connectivity index (χ1v) is 7.74. The highest BCUT2D eigenvalue weighted by Gasteiger charge is 2.29. The minimum Gasteiger partial charge on any atom is -0.491 e. The van der Waals surface area contributed by atoms with Crippen molar-refractivity contribution >= 4 is 23.1 Å². The maximum atomic E-state index is 6.15. The largest absolute Gasteiger partial charge is 0.491 e. The van der Waals surface area contributed by atoms with E-state index in [1.165, 1.54) is 0 Å². The average molecular weight is 298 g/mol. The Morgan fingerprint density at radius 1 is 1.20 bits per heavy atom. The zero-order valence-electron chi connectivity index (χ0n) is 12.2. The fourth-order valence-electron chi connectivity index (χ4n) is 2.31. The van der Waals surface area contributed by atoms with E-state index < -0.39 is 0 Å². The fraction of sp³-hybridized carbons (Fsp3) is 0.571. The Morgan fingerprint density at radius 2 is 1.85 bits per heavy atom. The van der Waals surface area contributed by atoms with Crippen molar-refractivity contribution in [3.8, 4) is 17.2 Å². The van der Waals surface area contributed by atoms with E-state index in [1.807, 2.05) is 0 Å². The maximum absolute atomic E-state index is 6.15. The van der Waals surface area contributed by atoms with Crippen LogP contribution in [0.1, 0.15) is 26.2 Å². The van der Waals surface area contributed by atoms with E-state index in [0.29, 0.717) is 28.6 Å². The highest BCUT2D eigenvalue weighted by molar-refractivity contribution is 7.99. The van der Waals surface area contributed by atoms with Gasteiger partial charge >= 0.3 is 0 Å². The van der Waals surface area contributed by atoms with E-state index in [0.717, 1.165) is 29.9 Å². The van der Waals surface area contributed by atoms with E-state index in [2.05, 4.69) is 6.92 Å². The first-order chi connectivity index (χ1) is 9.63. The molecular weight excluding hydrogens is 276 g/mol. The zero-order chi connectivity index (χ0) is 14.7. The number of anilines is 2. The molecule has 112 valence electrons. The van der Waals surface area contributed by atoms with Crippen LogP contribution in [0, 0.1) is 0 Å². The molecule has 6 heteroatoms. The van der Waals surface area contributed by atoms with Crippen LogP contribution in [0.15, 0.2) is 4.90 Å². The lowest BCUT2D eigenvalue weighted by Gasteiger charge is -2.29. The van der Waals surface area contributed by atoms with E-state index >= 15 is 0 Å². The van der Waals surface area contributed by atoms with Crippen LogP contribution in [0.2, 0.25) is 0 Å². The van der Waals surface area contributed by atoms with Crippen LogP contribution < -0.4 is 25.7 Å². The molecule has 0 aromatic heterocycles. The van der Waals surface area contributed by atoms with Crippen LogP contribution in [0.3, 0.4) is 0 Å². The highest BCUT2D eigenvalue weighted by atomic mass is 32.2. The van der Waals surface area contributed by atoms with Gasteiger partial charge in [-0.1, -0.05) is 19.8 Å². The quantitative estimate of drug-likeness (QED) is 0.814.